The lowest BCUT2D eigenvalue weighted by atomic mass is 10.1. The summed E-state index contributed by atoms with van der Waals surface area (Å²) in [4.78, 5) is 14.5. The van der Waals surface area contributed by atoms with Crippen LogP contribution in [-0.4, -0.2) is 18.9 Å². The van der Waals surface area contributed by atoms with Gasteiger partial charge in [-0.3, -0.25) is 4.79 Å². The van der Waals surface area contributed by atoms with Crippen molar-refractivity contribution in [1.82, 2.24) is 0 Å². The van der Waals surface area contributed by atoms with E-state index >= 15 is 0 Å². The molecule has 0 saturated carbocycles. The fraction of sp³-hybridized carbons (Fsp3) is 0.250. The number of hydrogen-bond donors (Lipinski definition) is 0. The average molecular weight is 309 g/mol. The third-order valence-corrected chi connectivity index (χ3v) is 4.19. The van der Waals surface area contributed by atoms with Gasteiger partial charge < -0.3 is 4.90 Å². The van der Waals surface area contributed by atoms with E-state index in [1.807, 2.05) is 24.3 Å². The lowest BCUT2D eigenvalue weighted by Gasteiger charge is -2.28. The molecule has 0 amide bonds. The molecule has 1 heterocycles. The molecule has 2 aromatic carbocycles. The Morgan fingerprint density at radius 2 is 1.65 bits per heavy atom. The van der Waals surface area contributed by atoms with E-state index in [0.717, 1.165) is 13.1 Å². The predicted octanol–water partition coefficient (Wildman–Crippen LogP) is 4.71. The molecule has 0 aromatic heterocycles. The summed E-state index contributed by atoms with van der Waals surface area (Å²) in [5, 5.41) is 0. The summed E-state index contributed by atoms with van der Waals surface area (Å²) in [5.41, 5.74) is 2.21. The first kappa shape index (κ1) is 15.5. The molecular weight excluding hydrogens is 289 g/mol. The van der Waals surface area contributed by atoms with Gasteiger partial charge in [0.05, 0.1) is 0 Å². The third kappa shape index (κ3) is 3.86. The van der Waals surface area contributed by atoms with Crippen molar-refractivity contribution < 1.29 is 9.18 Å². The van der Waals surface area contributed by atoms with Gasteiger partial charge in [-0.05, 0) is 61.7 Å². The molecule has 0 atom stereocenters. The van der Waals surface area contributed by atoms with Gasteiger partial charge in [0.25, 0.3) is 0 Å². The Kier molecular flexibility index (Phi) is 4.86. The molecule has 2 aromatic rings. The number of anilines is 1. The minimum Gasteiger partial charge on any atom is -0.372 e. The number of piperidine rings is 1. The Hall–Kier alpha value is -2.42. The molecule has 0 unspecified atom stereocenters. The van der Waals surface area contributed by atoms with Crippen molar-refractivity contribution in [2.75, 3.05) is 18.0 Å². The van der Waals surface area contributed by atoms with Crippen LogP contribution in [0.15, 0.2) is 54.6 Å². The van der Waals surface area contributed by atoms with Crippen LogP contribution in [0, 0.1) is 5.82 Å². The molecule has 0 spiro atoms. The van der Waals surface area contributed by atoms with Gasteiger partial charge >= 0.3 is 0 Å². The zero-order chi connectivity index (χ0) is 16.1. The Morgan fingerprint density at radius 3 is 2.35 bits per heavy atom. The molecule has 2 nitrogen and oxygen atoms in total. The second kappa shape index (κ2) is 7.23. The first-order chi connectivity index (χ1) is 11.2. The topological polar surface area (TPSA) is 20.3 Å². The summed E-state index contributed by atoms with van der Waals surface area (Å²) >= 11 is 0. The zero-order valence-corrected chi connectivity index (χ0v) is 13.0. The van der Waals surface area contributed by atoms with Crippen LogP contribution < -0.4 is 4.90 Å². The number of allylic oxidation sites excluding steroid dienone is 1. The van der Waals surface area contributed by atoms with Crippen molar-refractivity contribution in [2.24, 2.45) is 0 Å². The van der Waals surface area contributed by atoms with E-state index in [2.05, 4.69) is 4.90 Å². The van der Waals surface area contributed by atoms with E-state index in [1.165, 1.54) is 43.2 Å². The van der Waals surface area contributed by atoms with Crippen LogP contribution in [0.2, 0.25) is 0 Å². The van der Waals surface area contributed by atoms with Crippen LogP contribution in [0.1, 0.15) is 35.2 Å². The molecule has 1 saturated heterocycles. The molecule has 3 heteroatoms. The van der Waals surface area contributed by atoms with Gasteiger partial charge in [0.15, 0.2) is 5.78 Å². The van der Waals surface area contributed by atoms with Gasteiger partial charge in [-0.15, -0.1) is 0 Å². The van der Waals surface area contributed by atoms with Crippen molar-refractivity contribution in [3.8, 4) is 0 Å². The fourth-order valence-electron chi connectivity index (χ4n) is 2.86. The van der Waals surface area contributed by atoms with E-state index < -0.39 is 0 Å². The molecule has 0 N–H and O–H groups in total. The fourth-order valence-corrected chi connectivity index (χ4v) is 2.86. The Balaban J connectivity index is 1.69. The second-order valence-corrected chi connectivity index (χ2v) is 5.81. The van der Waals surface area contributed by atoms with Crippen LogP contribution >= 0.6 is 0 Å². The molecule has 1 fully saturated rings. The van der Waals surface area contributed by atoms with E-state index in [9.17, 15) is 9.18 Å². The van der Waals surface area contributed by atoms with Gasteiger partial charge in [0, 0.05) is 29.9 Å². The van der Waals surface area contributed by atoms with E-state index in [1.54, 1.807) is 18.2 Å². The van der Waals surface area contributed by atoms with Crippen molar-refractivity contribution >= 4 is 17.5 Å². The van der Waals surface area contributed by atoms with E-state index in [0.29, 0.717) is 11.1 Å². The molecule has 0 bridgehead atoms. The molecular formula is C20H20FNO. The maximum absolute atomic E-state index is 13.5. The summed E-state index contributed by atoms with van der Waals surface area (Å²) in [7, 11) is 0. The third-order valence-electron chi connectivity index (χ3n) is 4.19. The molecule has 23 heavy (non-hydrogen) atoms. The van der Waals surface area contributed by atoms with Crippen molar-refractivity contribution in [3.05, 3.63) is 71.6 Å². The van der Waals surface area contributed by atoms with Gasteiger partial charge in [-0.25, -0.2) is 4.39 Å². The molecule has 0 radical (unpaired) electrons. The highest BCUT2D eigenvalue weighted by Crippen LogP contribution is 2.20. The lowest BCUT2D eigenvalue weighted by molar-refractivity contribution is 0.104. The smallest absolute Gasteiger partial charge is 0.185 e. The van der Waals surface area contributed by atoms with Crippen LogP contribution in [0.3, 0.4) is 0 Å². The molecule has 0 aliphatic carbocycles. The number of nitrogens with zero attached hydrogens (tertiary/aromatic N) is 1. The number of benzene rings is 2. The van der Waals surface area contributed by atoms with Crippen molar-refractivity contribution in [1.29, 1.82) is 0 Å². The number of ketones is 1. The summed E-state index contributed by atoms with van der Waals surface area (Å²) in [6.45, 7) is 2.17. The van der Waals surface area contributed by atoms with Crippen LogP contribution in [-0.2, 0) is 0 Å². The van der Waals surface area contributed by atoms with Crippen molar-refractivity contribution in [2.45, 2.75) is 19.3 Å². The number of rotatable bonds is 4. The Bertz CT molecular complexity index is 700. The molecule has 1 aliphatic rings. The molecule has 3 rings (SSSR count). The quantitative estimate of drug-likeness (QED) is 0.602. The Labute approximate surface area is 136 Å². The summed E-state index contributed by atoms with van der Waals surface area (Å²) in [6, 6.07) is 14.1. The summed E-state index contributed by atoms with van der Waals surface area (Å²) < 4.78 is 13.5. The minimum absolute atomic E-state index is 0.113. The SMILES string of the molecule is O=C(/C=C/c1ccccc1F)c1ccc(N2CCCCC2)cc1. The molecule has 118 valence electrons. The largest absolute Gasteiger partial charge is 0.372 e. The average Bonchev–Trinajstić information content (AvgIpc) is 2.62. The first-order valence-electron chi connectivity index (χ1n) is 8.06. The van der Waals surface area contributed by atoms with Gasteiger partial charge in [-0.2, -0.15) is 0 Å². The minimum atomic E-state index is -0.322. The predicted molar refractivity (Wildman–Crippen MR) is 92.3 cm³/mol. The Morgan fingerprint density at radius 1 is 0.957 bits per heavy atom. The standard InChI is InChI=1S/C20H20FNO/c21-19-7-3-2-6-16(19)10-13-20(23)17-8-11-18(12-9-17)22-14-4-1-5-15-22/h2-3,6-13H,1,4-5,14-15H2/b13-10+. The summed E-state index contributed by atoms with van der Waals surface area (Å²) in [6.07, 6.45) is 6.70. The van der Waals surface area contributed by atoms with Crippen LogP contribution in [0.4, 0.5) is 10.1 Å². The van der Waals surface area contributed by atoms with Gasteiger partial charge in [0.2, 0.25) is 0 Å². The monoisotopic (exact) mass is 309 g/mol. The number of carbonyl (C=O) groups excluding carboxylic acids is 1. The van der Waals surface area contributed by atoms with Gasteiger partial charge in [-0.1, -0.05) is 18.2 Å². The first-order valence-corrected chi connectivity index (χ1v) is 8.06. The maximum Gasteiger partial charge on any atom is 0.185 e. The van der Waals surface area contributed by atoms with Gasteiger partial charge in [0.1, 0.15) is 5.82 Å². The maximum atomic E-state index is 13.5. The molecule has 1 aliphatic heterocycles. The highest BCUT2D eigenvalue weighted by Gasteiger charge is 2.11. The van der Waals surface area contributed by atoms with Crippen molar-refractivity contribution in [3.63, 3.8) is 0 Å². The summed E-state index contributed by atoms with van der Waals surface area (Å²) in [5.74, 6) is -0.435. The van der Waals surface area contributed by atoms with E-state index in [-0.39, 0.29) is 11.6 Å². The lowest BCUT2D eigenvalue weighted by Crippen LogP contribution is -2.29. The number of halogens is 1. The van der Waals surface area contributed by atoms with E-state index in [4.69, 9.17) is 0 Å². The number of hydrogen-bond acceptors (Lipinski definition) is 2. The highest BCUT2D eigenvalue weighted by molar-refractivity contribution is 6.07. The highest BCUT2D eigenvalue weighted by atomic mass is 19.1. The zero-order valence-electron chi connectivity index (χ0n) is 13.0. The normalized spacial score (nSPS) is 15.1. The second-order valence-electron chi connectivity index (χ2n) is 5.81. The van der Waals surface area contributed by atoms with Crippen LogP contribution in [0.25, 0.3) is 6.08 Å². The number of carbonyl (C=O) groups is 1. The van der Waals surface area contributed by atoms with Crippen LogP contribution in [0.5, 0.6) is 0 Å².